The fourth-order valence-corrected chi connectivity index (χ4v) is 3.14. The summed E-state index contributed by atoms with van der Waals surface area (Å²) in [5.41, 5.74) is 1.83. The van der Waals surface area contributed by atoms with Crippen LogP contribution in [0.1, 0.15) is 19.4 Å². The molecule has 0 aliphatic carbocycles. The Labute approximate surface area is 176 Å². The average Bonchev–Trinajstić information content (AvgIpc) is 2.99. The molecule has 0 radical (unpaired) electrons. The normalized spacial score (nSPS) is 15.1. The Morgan fingerprint density at radius 2 is 1.90 bits per heavy atom. The molecule has 1 aliphatic rings. The second-order valence-electron chi connectivity index (χ2n) is 6.95. The average molecular weight is 413 g/mol. The predicted octanol–water partition coefficient (Wildman–Crippen LogP) is 4.00. The highest BCUT2D eigenvalue weighted by Gasteiger charge is 2.32. The van der Waals surface area contributed by atoms with Crippen LogP contribution in [0, 0.1) is 5.92 Å². The van der Waals surface area contributed by atoms with E-state index in [1.165, 1.54) is 4.90 Å². The van der Waals surface area contributed by atoms with Gasteiger partial charge in [0.05, 0.1) is 26.5 Å². The van der Waals surface area contributed by atoms with Gasteiger partial charge in [0, 0.05) is 6.07 Å². The Balaban J connectivity index is 1.88. The van der Waals surface area contributed by atoms with Crippen LogP contribution in [0.25, 0.3) is 6.08 Å². The molecular weight excluding hydrogens is 388 g/mol. The molecule has 29 heavy (non-hydrogen) atoms. The number of rotatable bonds is 7. The number of nitrogens with one attached hydrogen (secondary N) is 1. The number of anilines is 1. The van der Waals surface area contributed by atoms with Gasteiger partial charge < -0.3 is 19.5 Å². The molecule has 1 saturated heterocycles. The van der Waals surface area contributed by atoms with Gasteiger partial charge in [-0.15, -0.1) is 0 Å². The van der Waals surface area contributed by atoms with Crippen LogP contribution in [-0.2, 0) is 4.79 Å². The van der Waals surface area contributed by atoms with E-state index in [0.29, 0.717) is 46.3 Å². The zero-order chi connectivity index (χ0) is 21.0. The number of carbonyl (C=O) groups is 1. The third kappa shape index (κ3) is 4.68. The van der Waals surface area contributed by atoms with Gasteiger partial charge in [0.25, 0.3) is 5.91 Å². The number of carbonyl (C=O) groups excluding carboxylic acids is 1. The summed E-state index contributed by atoms with van der Waals surface area (Å²) >= 11 is 5.38. The van der Waals surface area contributed by atoms with Crippen molar-refractivity contribution < 1.29 is 19.0 Å². The summed E-state index contributed by atoms with van der Waals surface area (Å²) in [6.07, 6.45) is 1.75. The summed E-state index contributed by atoms with van der Waals surface area (Å²) in [6.45, 7) is 4.72. The number of thiocarbonyl (C=S) groups is 1. The maximum absolute atomic E-state index is 13.0. The number of nitrogens with zero attached hydrogens (tertiary/aromatic N) is 1. The van der Waals surface area contributed by atoms with E-state index in [1.807, 2.05) is 36.4 Å². The first-order valence-electron chi connectivity index (χ1n) is 9.25. The van der Waals surface area contributed by atoms with E-state index in [2.05, 4.69) is 19.2 Å². The molecule has 0 spiro atoms. The molecule has 1 aliphatic heterocycles. The van der Waals surface area contributed by atoms with Gasteiger partial charge in [-0.25, -0.2) is 0 Å². The van der Waals surface area contributed by atoms with Crippen molar-refractivity contribution in [3.05, 3.63) is 53.7 Å². The summed E-state index contributed by atoms with van der Waals surface area (Å²) < 4.78 is 16.5. The molecule has 1 N–H and O–H groups in total. The van der Waals surface area contributed by atoms with Crippen molar-refractivity contribution >= 4 is 35.0 Å². The van der Waals surface area contributed by atoms with E-state index in [9.17, 15) is 4.79 Å². The highest BCUT2D eigenvalue weighted by atomic mass is 32.1. The molecule has 2 aromatic rings. The molecule has 152 valence electrons. The Morgan fingerprint density at radius 3 is 2.59 bits per heavy atom. The zero-order valence-electron chi connectivity index (χ0n) is 16.9. The van der Waals surface area contributed by atoms with Crippen molar-refractivity contribution in [1.82, 2.24) is 5.32 Å². The van der Waals surface area contributed by atoms with Crippen molar-refractivity contribution in [2.75, 3.05) is 25.7 Å². The second-order valence-corrected chi connectivity index (χ2v) is 7.33. The lowest BCUT2D eigenvalue weighted by molar-refractivity contribution is -0.113. The number of amides is 1. The standard InChI is InChI=1S/C22H24N2O4S/c1-14(2)13-28-20-11-15(8-9-19(20)27-4)10-18-21(25)24(22(29)23-18)16-6-5-7-17(12-16)26-3/h5-12,14H,13H2,1-4H3,(H,23,29)/b18-10+. The Morgan fingerprint density at radius 1 is 1.10 bits per heavy atom. The first kappa shape index (κ1) is 20.7. The number of ether oxygens (including phenoxy) is 3. The van der Waals surface area contributed by atoms with Crippen LogP contribution in [0.15, 0.2) is 48.2 Å². The minimum absolute atomic E-state index is 0.233. The summed E-state index contributed by atoms with van der Waals surface area (Å²) in [7, 11) is 3.18. The zero-order valence-corrected chi connectivity index (χ0v) is 17.7. The van der Waals surface area contributed by atoms with Gasteiger partial charge in [-0.3, -0.25) is 9.69 Å². The van der Waals surface area contributed by atoms with Gasteiger partial charge in [0.1, 0.15) is 11.4 Å². The van der Waals surface area contributed by atoms with E-state index in [-0.39, 0.29) is 5.91 Å². The van der Waals surface area contributed by atoms with Gasteiger partial charge >= 0.3 is 0 Å². The number of hydrogen-bond donors (Lipinski definition) is 1. The van der Waals surface area contributed by atoms with Crippen LogP contribution in [0.4, 0.5) is 5.69 Å². The van der Waals surface area contributed by atoms with Crippen molar-refractivity contribution in [2.24, 2.45) is 5.92 Å². The first-order chi connectivity index (χ1) is 13.9. The molecule has 0 atom stereocenters. The maximum atomic E-state index is 13.0. The summed E-state index contributed by atoms with van der Waals surface area (Å²) in [4.78, 5) is 14.4. The molecule has 2 aromatic carbocycles. The predicted molar refractivity (Wildman–Crippen MR) is 118 cm³/mol. The van der Waals surface area contributed by atoms with Crippen molar-refractivity contribution in [2.45, 2.75) is 13.8 Å². The minimum Gasteiger partial charge on any atom is -0.497 e. The highest BCUT2D eigenvalue weighted by molar-refractivity contribution is 7.80. The van der Waals surface area contributed by atoms with Crippen molar-refractivity contribution in [1.29, 1.82) is 0 Å². The molecule has 7 heteroatoms. The molecule has 6 nitrogen and oxygen atoms in total. The molecule has 1 fully saturated rings. The largest absolute Gasteiger partial charge is 0.497 e. The van der Waals surface area contributed by atoms with E-state index < -0.39 is 0 Å². The van der Waals surface area contributed by atoms with Crippen LogP contribution < -0.4 is 24.4 Å². The molecule has 3 rings (SSSR count). The lowest BCUT2D eigenvalue weighted by Gasteiger charge is -2.14. The number of methoxy groups -OCH3 is 2. The van der Waals surface area contributed by atoms with Crippen LogP contribution in [0.2, 0.25) is 0 Å². The fourth-order valence-electron chi connectivity index (χ4n) is 2.84. The van der Waals surface area contributed by atoms with E-state index >= 15 is 0 Å². The Hall–Kier alpha value is -3.06. The lowest BCUT2D eigenvalue weighted by atomic mass is 10.1. The first-order valence-corrected chi connectivity index (χ1v) is 9.65. The van der Waals surface area contributed by atoms with Crippen molar-refractivity contribution in [3.63, 3.8) is 0 Å². The van der Waals surface area contributed by atoms with Crippen LogP contribution >= 0.6 is 12.2 Å². The van der Waals surface area contributed by atoms with Crippen LogP contribution in [-0.4, -0.2) is 31.8 Å². The van der Waals surface area contributed by atoms with Gasteiger partial charge in [-0.1, -0.05) is 26.0 Å². The van der Waals surface area contributed by atoms with Crippen molar-refractivity contribution in [3.8, 4) is 17.2 Å². The van der Waals surface area contributed by atoms with Gasteiger partial charge in [0.2, 0.25) is 0 Å². The molecule has 0 saturated carbocycles. The molecule has 0 aromatic heterocycles. The molecule has 0 bridgehead atoms. The highest BCUT2D eigenvalue weighted by Crippen LogP contribution is 2.30. The smallest absolute Gasteiger partial charge is 0.281 e. The van der Waals surface area contributed by atoms with Gasteiger partial charge in [-0.05, 0) is 54.0 Å². The monoisotopic (exact) mass is 412 g/mol. The molecular formula is C22H24N2O4S. The molecule has 0 unspecified atom stereocenters. The Kier molecular flexibility index (Phi) is 6.39. The third-order valence-electron chi connectivity index (χ3n) is 4.26. The van der Waals surface area contributed by atoms with E-state index in [0.717, 1.165) is 5.56 Å². The lowest BCUT2D eigenvalue weighted by Crippen LogP contribution is -2.30. The van der Waals surface area contributed by atoms with Crippen LogP contribution in [0.5, 0.6) is 17.2 Å². The third-order valence-corrected chi connectivity index (χ3v) is 4.55. The van der Waals surface area contributed by atoms with E-state index in [4.69, 9.17) is 26.4 Å². The summed E-state index contributed by atoms with van der Waals surface area (Å²) in [5, 5.41) is 3.31. The molecule has 1 heterocycles. The maximum Gasteiger partial charge on any atom is 0.281 e. The van der Waals surface area contributed by atoms with Gasteiger partial charge in [0.15, 0.2) is 16.6 Å². The second kappa shape index (κ2) is 8.96. The Bertz CT molecular complexity index is 956. The quantitative estimate of drug-likeness (QED) is 0.548. The number of hydrogen-bond acceptors (Lipinski definition) is 5. The summed E-state index contributed by atoms with van der Waals surface area (Å²) in [6, 6.07) is 12.7. The SMILES string of the molecule is COc1cccc(N2C(=O)/C(=C\c3ccc(OC)c(OCC(C)C)c3)NC2=S)c1. The van der Waals surface area contributed by atoms with E-state index in [1.54, 1.807) is 26.4 Å². The van der Waals surface area contributed by atoms with Crippen LogP contribution in [0.3, 0.4) is 0 Å². The van der Waals surface area contributed by atoms with Gasteiger partial charge in [-0.2, -0.15) is 0 Å². The summed E-state index contributed by atoms with van der Waals surface area (Å²) in [5.74, 6) is 2.08. The number of benzene rings is 2. The minimum atomic E-state index is -0.233. The fraction of sp³-hybridized carbons (Fsp3) is 0.273. The molecule has 1 amide bonds. The topological polar surface area (TPSA) is 60.0 Å².